The summed E-state index contributed by atoms with van der Waals surface area (Å²) < 4.78 is 14.6. The molecule has 8 heteroatoms. The van der Waals surface area contributed by atoms with Crippen LogP contribution in [0, 0.1) is 5.82 Å². The molecule has 0 aliphatic carbocycles. The van der Waals surface area contributed by atoms with Gasteiger partial charge in [-0.2, -0.15) is 0 Å². The summed E-state index contributed by atoms with van der Waals surface area (Å²) in [5, 5.41) is 18.3. The molecule has 0 radical (unpaired) electrons. The van der Waals surface area contributed by atoms with Crippen LogP contribution in [0.5, 0.6) is 0 Å². The third kappa shape index (κ3) is 2.68. The Bertz CT molecular complexity index is 823. The number of aliphatic hydroxyl groups excluding tert-OH is 1. The molecule has 0 saturated heterocycles. The van der Waals surface area contributed by atoms with Gasteiger partial charge in [0.05, 0.1) is 18.3 Å². The lowest BCUT2D eigenvalue weighted by atomic mass is 10.2. The Morgan fingerprint density at radius 1 is 1.27 bits per heavy atom. The minimum Gasteiger partial charge on any atom is -0.477 e. The van der Waals surface area contributed by atoms with Crippen molar-refractivity contribution in [3.63, 3.8) is 0 Å². The van der Waals surface area contributed by atoms with E-state index in [1.165, 1.54) is 19.1 Å². The van der Waals surface area contributed by atoms with Gasteiger partial charge >= 0.3 is 11.7 Å². The first kappa shape index (κ1) is 15.6. The molecule has 1 aromatic heterocycles. The number of aromatic carboxylic acids is 1. The standard InChI is InChI=1S/C14H13FN2O5/c1-8(7-18)16-6-11(13(20)21)12(19)17(14(16)22)10-4-2-9(15)3-5-10/h2-6,8,18H,7H2,1H3,(H,20,21). The maximum atomic E-state index is 13.0. The van der Waals surface area contributed by atoms with Crippen LogP contribution >= 0.6 is 0 Å². The van der Waals surface area contributed by atoms with Gasteiger partial charge in [-0.05, 0) is 31.2 Å². The minimum atomic E-state index is -1.50. The molecule has 0 aliphatic rings. The largest absolute Gasteiger partial charge is 0.477 e. The van der Waals surface area contributed by atoms with Crippen molar-refractivity contribution < 1.29 is 19.4 Å². The van der Waals surface area contributed by atoms with Crippen LogP contribution in [0.15, 0.2) is 40.1 Å². The number of halogens is 1. The van der Waals surface area contributed by atoms with Crippen LogP contribution in [0.3, 0.4) is 0 Å². The predicted octanol–water partition coefficient (Wildman–Crippen LogP) is 0.390. The summed E-state index contributed by atoms with van der Waals surface area (Å²) in [4.78, 5) is 35.8. The van der Waals surface area contributed by atoms with Gasteiger partial charge in [-0.15, -0.1) is 0 Å². The monoisotopic (exact) mass is 308 g/mol. The molecule has 0 amide bonds. The lowest BCUT2D eigenvalue weighted by Gasteiger charge is -2.15. The number of hydrogen-bond donors (Lipinski definition) is 2. The first-order chi connectivity index (χ1) is 10.4. The number of carbonyl (C=O) groups is 1. The number of aliphatic hydroxyl groups is 1. The molecule has 1 heterocycles. The van der Waals surface area contributed by atoms with Crippen LogP contribution in [-0.2, 0) is 0 Å². The van der Waals surface area contributed by atoms with Gasteiger partial charge < -0.3 is 10.2 Å². The number of carboxylic acid groups (broad SMARTS) is 1. The zero-order valence-corrected chi connectivity index (χ0v) is 11.6. The number of rotatable bonds is 4. The van der Waals surface area contributed by atoms with Gasteiger partial charge in [0.1, 0.15) is 11.4 Å². The first-order valence-electron chi connectivity index (χ1n) is 6.35. The smallest absolute Gasteiger partial charge is 0.342 e. The van der Waals surface area contributed by atoms with Crippen LogP contribution in [0.2, 0.25) is 0 Å². The fraction of sp³-hybridized carbons (Fsp3) is 0.214. The minimum absolute atomic E-state index is 0.0402. The highest BCUT2D eigenvalue weighted by Gasteiger charge is 2.19. The zero-order chi connectivity index (χ0) is 16.4. The molecular weight excluding hydrogens is 295 g/mol. The Morgan fingerprint density at radius 3 is 2.36 bits per heavy atom. The summed E-state index contributed by atoms with van der Waals surface area (Å²) in [6.45, 7) is 1.08. The highest BCUT2D eigenvalue weighted by atomic mass is 19.1. The third-order valence-corrected chi connectivity index (χ3v) is 3.17. The normalized spacial score (nSPS) is 12.1. The molecule has 0 saturated carbocycles. The van der Waals surface area contributed by atoms with E-state index >= 15 is 0 Å². The fourth-order valence-corrected chi connectivity index (χ4v) is 1.94. The zero-order valence-electron chi connectivity index (χ0n) is 11.6. The van der Waals surface area contributed by atoms with Crippen LogP contribution in [-0.4, -0.2) is 31.9 Å². The number of hydrogen-bond acceptors (Lipinski definition) is 4. The van der Waals surface area contributed by atoms with Crippen molar-refractivity contribution in [2.45, 2.75) is 13.0 Å². The van der Waals surface area contributed by atoms with Crippen LogP contribution in [0.1, 0.15) is 23.3 Å². The first-order valence-corrected chi connectivity index (χ1v) is 6.35. The number of benzene rings is 1. The third-order valence-electron chi connectivity index (χ3n) is 3.17. The predicted molar refractivity (Wildman–Crippen MR) is 75.0 cm³/mol. The van der Waals surface area contributed by atoms with E-state index in [9.17, 15) is 18.8 Å². The summed E-state index contributed by atoms with van der Waals surface area (Å²) in [5.41, 5.74) is -2.42. The lowest BCUT2D eigenvalue weighted by molar-refractivity contribution is 0.0692. The van der Waals surface area contributed by atoms with E-state index < -0.39 is 41.2 Å². The van der Waals surface area contributed by atoms with Crippen LogP contribution in [0.4, 0.5) is 4.39 Å². The average Bonchev–Trinajstić information content (AvgIpc) is 2.48. The van der Waals surface area contributed by atoms with Gasteiger partial charge in [0.15, 0.2) is 0 Å². The Hall–Kier alpha value is -2.74. The van der Waals surface area contributed by atoms with Crippen molar-refractivity contribution in [3.8, 4) is 5.69 Å². The second kappa shape index (κ2) is 5.94. The molecule has 2 rings (SSSR count). The summed E-state index contributed by atoms with van der Waals surface area (Å²) in [6.07, 6.45) is 0.897. The van der Waals surface area contributed by atoms with E-state index in [-0.39, 0.29) is 5.69 Å². The fourth-order valence-electron chi connectivity index (χ4n) is 1.94. The average molecular weight is 308 g/mol. The van der Waals surface area contributed by atoms with Crippen LogP contribution in [0.25, 0.3) is 5.69 Å². The molecular formula is C14H13FN2O5. The summed E-state index contributed by atoms with van der Waals surface area (Å²) in [5.74, 6) is -2.06. The van der Waals surface area contributed by atoms with Gasteiger partial charge in [0, 0.05) is 6.20 Å². The molecule has 116 valence electrons. The van der Waals surface area contributed by atoms with Crippen molar-refractivity contribution in [1.29, 1.82) is 0 Å². The van der Waals surface area contributed by atoms with Gasteiger partial charge in [0.25, 0.3) is 5.56 Å². The van der Waals surface area contributed by atoms with Gasteiger partial charge in [-0.3, -0.25) is 9.36 Å². The SMILES string of the molecule is CC(CO)n1cc(C(=O)O)c(=O)n(-c2ccc(F)cc2)c1=O. The Morgan fingerprint density at radius 2 is 1.86 bits per heavy atom. The number of nitrogens with zero attached hydrogens (tertiary/aromatic N) is 2. The summed E-state index contributed by atoms with van der Waals surface area (Å²) in [7, 11) is 0. The van der Waals surface area contributed by atoms with E-state index in [1.54, 1.807) is 0 Å². The van der Waals surface area contributed by atoms with Crippen molar-refractivity contribution in [3.05, 3.63) is 62.7 Å². The molecule has 1 atom stereocenters. The van der Waals surface area contributed by atoms with Crippen molar-refractivity contribution in [1.82, 2.24) is 9.13 Å². The van der Waals surface area contributed by atoms with E-state index in [2.05, 4.69) is 0 Å². The Balaban J connectivity index is 2.84. The molecule has 1 unspecified atom stereocenters. The number of aromatic nitrogens is 2. The van der Waals surface area contributed by atoms with E-state index in [4.69, 9.17) is 10.2 Å². The highest BCUT2D eigenvalue weighted by Crippen LogP contribution is 2.07. The molecule has 0 bridgehead atoms. The van der Waals surface area contributed by atoms with E-state index in [1.807, 2.05) is 0 Å². The molecule has 0 aliphatic heterocycles. The second-order valence-corrected chi connectivity index (χ2v) is 4.69. The maximum absolute atomic E-state index is 13.0. The maximum Gasteiger partial charge on any atom is 0.342 e. The molecule has 0 spiro atoms. The topological polar surface area (TPSA) is 102 Å². The molecule has 0 fully saturated rings. The van der Waals surface area contributed by atoms with Crippen molar-refractivity contribution in [2.75, 3.05) is 6.61 Å². The Kier molecular flexibility index (Phi) is 4.22. The highest BCUT2D eigenvalue weighted by molar-refractivity contribution is 5.86. The van der Waals surface area contributed by atoms with Gasteiger partial charge in [-0.1, -0.05) is 0 Å². The van der Waals surface area contributed by atoms with Crippen molar-refractivity contribution >= 4 is 5.97 Å². The molecule has 2 N–H and O–H groups in total. The molecule has 1 aromatic carbocycles. The van der Waals surface area contributed by atoms with Gasteiger partial charge in [0.2, 0.25) is 0 Å². The van der Waals surface area contributed by atoms with Crippen LogP contribution < -0.4 is 11.2 Å². The van der Waals surface area contributed by atoms with Gasteiger partial charge in [-0.25, -0.2) is 18.5 Å². The quantitative estimate of drug-likeness (QED) is 0.851. The Labute approximate surface area is 123 Å². The van der Waals surface area contributed by atoms with E-state index in [0.29, 0.717) is 4.57 Å². The summed E-state index contributed by atoms with van der Waals surface area (Å²) in [6, 6.07) is 3.76. The lowest BCUT2D eigenvalue weighted by Crippen LogP contribution is -2.42. The van der Waals surface area contributed by atoms with Crippen molar-refractivity contribution in [2.24, 2.45) is 0 Å². The number of carboxylic acids is 1. The second-order valence-electron chi connectivity index (χ2n) is 4.69. The molecule has 7 nitrogen and oxygen atoms in total. The summed E-state index contributed by atoms with van der Waals surface area (Å²) >= 11 is 0. The van der Waals surface area contributed by atoms with E-state index in [0.717, 1.165) is 22.9 Å². The molecule has 22 heavy (non-hydrogen) atoms. The molecule has 2 aromatic rings.